The summed E-state index contributed by atoms with van der Waals surface area (Å²) in [5.41, 5.74) is 4.78. The molecule has 0 unspecified atom stereocenters. The molecule has 0 spiro atoms. The summed E-state index contributed by atoms with van der Waals surface area (Å²) < 4.78 is 7.06. The maximum atomic E-state index is 12.5. The Balaban J connectivity index is 1.62. The zero-order valence-electron chi connectivity index (χ0n) is 22.3. The van der Waals surface area contributed by atoms with Crippen molar-refractivity contribution < 1.29 is 9.53 Å². The summed E-state index contributed by atoms with van der Waals surface area (Å²) in [4.78, 5) is 33.1. The highest BCUT2D eigenvalue weighted by atomic mass is 16.6. The van der Waals surface area contributed by atoms with Gasteiger partial charge in [0.15, 0.2) is 0 Å². The lowest BCUT2D eigenvalue weighted by atomic mass is 9.96. The van der Waals surface area contributed by atoms with Crippen molar-refractivity contribution in [3.8, 4) is 22.4 Å². The number of carbonyl (C=O) groups excluding carboxylic acids is 1. The molecule has 0 atom stereocenters. The number of alkyl carbamates (subject to hydrolysis) is 1. The number of hydrogen-bond donors (Lipinski definition) is 2. The van der Waals surface area contributed by atoms with Gasteiger partial charge >= 0.3 is 6.09 Å². The van der Waals surface area contributed by atoms with Crippen LogP contribution in [0, 0.1) is 13.5 Å². The summed E-state index contributed by atoms with van der Waals surface area (Å²) in [5.74, 6) is 0. The van der Waals surface area contributed by atoms with Crippen molar-refractivity contribution in [2.24, 2.45) is 7.05 Å². The number of amides is 1. The molecule has 10 nitrogen and oxygen atoms in total. The highest BCUT2D eigenvalue weighted by molar-refractivity contribution is 6.03. The molecule has 0 radical (unpaired) electrons. The number of rotatable bonds is 4. The lowest BCUT2D eigenvalue weighted by Gasteiger charge is -2.19. The van der Waals surface area contributed by atoms with Crippen molar-refractivity contribution >= 4 is 33.5 Å². The Morgan fingerprint density at radius 3 is 2.64 bits per heavy atom. The first-order valence-electron chi connectivity index (χ1n) is 12.3. The molecule has 0 saturated carbocycles. The Kier molecular flexibility index (Phi) is 6.36. The first-order valence-corrected chi connectivity index (χ1v) is 12.3. The second-order valence-corrected chi connectivity index (χ2v) is 10.3. The third-order valence-electron chi connectivity index (χ3n) is 6.26. The quantitative estimate of drug-likeness (QED) is 0.305. The van der Waals surface area contributed by atoms with Crippen molar-refractivity contribution in [2.75, 3.05) is 0 Å². The minimum Gasteiger partial charge on any atom is -0.444 e. The Labute approximate surface area is 224 Å². The molecule has 3 heterocycles. The molecule has 0 aliphatic carbocycles. The van der Waals surface area contributed by atoms with Gasteiger partial charge in [0, 0.05) is 35.1 Å². The third kappa shape index (κ3) is 4.94. The molecule has 0 bridgehead atoms. The molecular weight excluding hydrogens is 494 g/mol. The van der Waals surface area contributed by atoms with Gasteiger partial charge in [-0.15, -0.1) is 0 Å². The topological polar surface area (TPSA) is 119 Å². The second kappa shape index (κ2) is 9.68. The summed E-state index contributed by atoms with van der Waals surface area (Å²) in [5, 5.41) is 15.7. The van der Waals surface area contributed by atoms with Gasteiger partial charge in [0.1, 0.15) is 5.60 Å². The largest absolute Gasteiger partial charge is 0.444 e. The molecule has 2 N–H and O–H groups in total. The number of aromatic nitrogens is 5. The monoisotopic (exact) mass is 521 g/mol. The summed E-state index contributed by atoms with van der Waals surface area (Å²) >= 11 is 0. The first kappa shape index (κ1) is 25.6. The van der Waals surface area contributed by atoms with Gasteiger partial charge in [0.05, 0.1) is 41.6 Å². The lowest BCUT2D eigenvalue weighted by Crippen LogP contribution is -2.32. The van der Waals surface area contributed by atoms with E-state index in [2.05, 4.69) is 30.4 Å². The number of ether oxygens (including phenoxy) is 1. The fourth-order valence-electron chi connectivity index (χ4n) is 4.56. The highest BCUT2D eigenvalue weighted by Crippen LogP contribution is 2.41. The van der Waals surface area contributed by atoms with Crippen LogP contribution in [0.1, 0.15) is 32.0 Å². The first-order chi connectivity index (χ1) is 18.6. The van der Waals surface area contributed by atoms with Crippen LogP contribution in [0.4, 0.5) is 10.5 Å². The fourth-order valence-corrected chi connectivity index (χ4v) is 4.56. The molecule has 10 heteroatoms. The number of H-pyrrole nitrogens is 1. The van der Waals surface area contributed by atoms with Crippen LogP contribution in [0.25, 0.3) is 48.9 Å². The van der Waals surface area contributed by atoms with Gasteiger partial charge in [0.25, 0.3) is 5.56 Å². The van der Waals surface area contributed by atoms with Crippen LogP contribution >= 0.6 is 0 Å². The van der Waals surface area contributed by atoms with Crippen LogP contribution in [-0.4, -0.2) is 36.7 Å². The Morgan fingerprint density at radius 2 is 1.90 bits per heavy atom. The number of aromatic amines is 1. The van der Waals surface area contributed by atoms with E-state index in [1.165, 1.54) is 0 Å². The Hall–Kier alpha value is -5.04. The fraction of sp³-hybridized carbons (Fsp3) is 0.241. The van der Waals surface area contributed by atoms with Crippen molar-refractivity contribution in [1.29, 1.82) is 0 Å². The Morgan fingerprint density at radius 1 is 1.10 bits per heavy atom. The number of aryl methyl sites for hydroxylation is 2. The molecular formula is C29H27N7O3. The molecule has 5 aromatic rings. The van der Waals surface area contributed by atoms with E-state index in [0.29, 0.717) is 22.2 Å². The number of carbonyl (C=O) groups is 1. The minimum atomic E-state index is -0.643. The average molecular weight is 522 g/mol. The minimum absolute atomic E-state index is 0.0600. The van der Waals surface area contributed by atoms with E-state index in [0.717, 1.165) is 38.9 Å². The number of nitrogens with one attached hydrogen (secondary N) is 2. The van der Waals surface area contributed by atoms with Crippen LogP contribution in [0.2, 0.25) is 0 Å². The smallest absolute Gasteiger partial charge is 0.407 e. The van der Waals surface area contributed by atoms with Crippen molar-refractivity contribution in [2.45, 2.75) is 39.8 Å². The number of nitrogens with zero attached hydrogens (tertiary/aromatic N) is 5. The molecule has 3 aromatic heterocycles. The number of benzene rings is 2. The van der Waals surface area contributed by atoms with E-state index in [-0.39, 0.29) is 12.1 Å². The van der Waals surface area contributed by atoms with Gasteiger partial charge in [-0.25, -0.2) is 14.7 Å². The van der Waals surface area contributed by atoms with Crippen LogP contribution in [0.15, 0.2) is 53.6 Å². The van der Waals surface area contributed by atoms with Gasteiger partial charge in [-0.05, 0) is 57.0 Å². The molecule has 196 valence electrons. The number of hydrogen-bond acceptors (Lipinski definition) is 6. The molecule has 39 heavy (non-hydrogen) atoms. The zero-order valence-corrected chi connectivity index (χ0v) is 22.3. The second-order valence-electron chi connectivity index (χ2n) is 10.3. The normalized spacial score (nSPS) is 11.5. The van der Waals surface area contributed by atoms with E-state index in [1.54, 1.807) is 43.9 Å². The lowest BCUT2D eigenvalue weighted by molar-refractivity contribution is 0.0523. The average Bonchev–Trinajstić information content (AvgIpc) is 3.27. The van der Waals surface area contributed by atoms with Crippen molar-refractivity contribution in [1.82, 2.24) is 30.3 Å². The number of pyridine rings is 1. The maximum Gasteiger partial charge on any atom is 0.407 e. The van der Waals surface area contributed by atoms with Gasteiger partial charge in [0.2, 0.25) is 5.69 Å². The van der Waals surface area contributed by atoms with E-state index >= 15 is 0 Å². The maximum absolute atomic E-state index is 12.5. The third-order valence-corrected chi connectivity index (χ3v) is 6.26. The molecule has 0 fully saturated rings. The summed E-state index contributed by atoms with van der Waals surface area (Å²) in [6.45, 7) is 15.3. The van der Waals surface area contributed by atoms with E-state index in [9.17, 15) is 9.59 Å². The SMILES string of the molecule is [C-]#[N+]c1c(-c2c(-c3ccc4c(=O)[nH]nc(CNC(=O)OC(C)(C)C)c4c3)cnn2C)ccc2ncc(C)cc12. The molecule has 2 aromatic carbocycles. The molecule has 5 rings (SSSR count). The van der Waals surface area contributed by atoms with Gasteiger partial charge in [-0.2, -0.15) is 10.2 Å². The Bertz CT molecular complexity index is 1860. The predicted octanol–water partition coefficient (Wildman–Crippen LogP) is 5.42. The predicted molar refractivity (Wildman–Crippen MR) is 149 cm³/mol. The standard InChI is InChI=1S/C29H27N7O3/c1-16-11-21-23(31-13-16)10-9-19(25(21)30-5)26-22(14-33-36(26)6)17-7-8-18-20(12-17)24(34-35-27(18)37)15-32-28(38)39-29(2,3)4/h7-14H,15H2,1-4,6H3,(H,32,38)(H,35,37). The van der Waals surface area contributed by atoms with Gasteiger partial charge in [-0.3, -0.25) is 14.5 Å². The molecule has 1 amide bonds. The van der Waals surface area contributed by atoms with Crippen LogP contribution in [0.5, 0.6) is 0 Å². The van der Waals surface area contributed by atoms with Gasteiger partial charge in [-0.1, -0.05) is 18.2 Å². The van der Waals surface area contributed by atoms with Crippen LogP contribution in [0.3, 0.4) is 0 Å². The van der Waals surface area contributed by atoms with E-state index < -0.39 is 11.7 Å². The summed E-state index contributed by atoms with van der Waals surface area (Å²) in [6, 6.07) is 11.2. The summed E-state index contributed by atoms with van der Waals surface area (Å²) in [6.07, 6.45) is 2.94. The number of fused-ring (bicyclic) bond motifs is 2. The van der Waals surface area contributed by atoms with Crippen LogP contribution in [-0.2, 0) is 18.3 Å². The van der Waals surface area contributed by atoms with Crippen molar-refractivity contribution in [3.63, 3.8) is 0 Å². The highest BCUT2D eigenvalue weighted by Gasteiger charge is 2.20. The van der Waals surface area contributed by atoms with E-state index in [4.69, 9.17) is 11.3 Å². The van der Waals surface area contributed by atoms with Gasteiger partial charge < -0.3 is 10.1 Å². The van der Waals surface area contributed by atoms with Crippen LogP contribution < -0.4 is 10.9 Å². The van der Waals surface area contributed by atoms with Crippen molar-refractivity contribution in [3.05, 3.63) is 81.8 Å². The molecule has 0 aliphatic heterocycles. The molecule has 0 aliphatic rings. The van der Waals surface area contributed by atoms with E-state index in [1.807, 2.05) is 44.3 Å². The summed E-state index contributed by atoms with van der Waals surface area (Å²) in [7, 11) is 1.83. The zero-order chi connectivity index (χ0) is 27.9. The molecule has 0 saturated heterocycles.